The van der Waals surface area contributed by atoms with Gasteiger partial charge in [0.25, 0.3) is 5.56 Å². The third-order valence-electron chi connectivity index (χ3n) is 5.89. The number of hydrogen-bond donors (Lipinski definition) is 2. The summed E-state index contributed by atoms with van der Waals surface area (Å²) in [6, 6.07) is -0.148. The zero-order valence-electron chi connectivity index (χ0n) is 16.9. The second kappa shape index (κ2) is 7.52. The van der Waals surface area contributed by atoms with Gasteiger partial charge < -0.3 is 15.4 Å². The summed E-state index contributed by atoms with van der Waals surface area (Å²) in [5.74, 6) is -1.94. The molecule has 2 unspecified atom stereocenters. The monoisotopic (exact) mass is 446 g/mol. The third kappa shape index (κ3) is 3.67. The quantitative estimate of drug-likeness (QED) is 0.679. The van der Waals surface area contributed by atoms with Crippen LogP contribution < -0.4 is 26.6 Å². The van der Waals surface area contributed by atoms with Crippen molar-refractivity contribution in [3.8, 4) is 5.75 Å². The van der Waals surface area contributed by atoms with Gasteiger partial charge in [0.2, 0.25) is 0 Å². The Morgan fingerprint density at radius 1 is 1.23 bits per heavy atom. The molecule has 1 aliphatic carbocycles. The predicted molar refractivity (Wildman–Crippen MR) is 104 cm³/mol. The lowest BCUT2D eigenvalue weighted by Gasteiger charge is -2.25. The summed E-state index contributed by atoms with van der Waals surface area (Å²) >= 11 is 0. The summed E-state index contributed by atoms with van der Waals surface area (Å²) in [4.78, 5) is 28.6. The van der Waals surface area contributed by atoms with Gasteiger partial charge in [-0.3, -0.25) is 19.1 Å². The average molecular weight is 446 g/mol. The number of alkyl halides is 3. The number of nitrogens with zero attached hydrogens (tertiary/aromatic N) is 2. The van der Waals surface area contributed by atoms with Gasteiger partial charge in [0.1, 0.15) is 5.39 Å². The second-order valence-electron chi connectivity index (χ2n) is 7.91. The average Bonchev–Trinajstić information content (AvgIpc) is 3.43. The van der Waals surface area contributed by atoms with Crippen LogP contribution in [0.25, 0.3) is 10.9 Å². The lowest BCUT2D eigenvalue weighted by Crippen LogP contribution is -2.33. The van der Waals surface area contributed by atoms with Crippen molar-refractivity contribution < 1.29 is 27.0 Å². The summed E-state index contributed by atoms with van der Waals surface area (Å²) in [5, 5.41) is -0.106. The number of rotatable bonds is 5. The summed E-state index contributed by atoms with van der Waals surface area (Å²) in [6.45, 7) is 1.20. The maximum absolute atomic E-state index is 15.5. The molecule has 12 heteroatoms. The van der Waals surface area contributed by atoms with Gasteiger partial charge in [-0.05, 0) is 26.3 Å². The molecule has 4 rings (SSSR count). The number of methoxy groups -OCH3 is 1. The van der Waals surface area contributed by atoms with E-state index in [2.05, 4.69) is 9.72 Å². The van der Waals surface area contributed by atoms with E-state index in [0.29, 0.717) is 0 Å². The molecule has 2 atom stereocenters. The molecule has 2 fully saturated rings. The zero-order chi connectivity index (χ0) is 22.7. The molecular weight excluding hydrogens is 424 g/mol. The fraction of sp³-hybridized carbons (Fsp3) is 0.579. The van der Waals surface area contributed by atoms with E-state index in [1.165, 1.54) is 23.5 Å². The van der Waals surface area contributed by atoms with Crippen LogP contribution in [0, 0.1) is 18.7 Å². The van der Waals surface area contributed by atoms with Gasteiger partial charge in [-0.25, -0.2) is 9.18 Å². The van der Waals surface area contributed by atoms with E-state index in [4.69, 9.17) is 10.5 Å². The molecule has 1 aromatic heterocycles. The Balaban J connectivity index is 1.92. The zero-order valence-corrected chi connectivity index (χ0v) is 16.9. The molecule has 2 heterocycles. The van der Waals surface area contributed by atoms with Gasteiger partial charge in [-0.1, -0.05) is 0 Å². The first-order valence-corrected chi connectivity index (χ1v) is 9.81. The smallest absolute Gasteiger partial charge is 0.493 e. The van der Waals surface area contributed by atoms with E-state index in [1.807, 2.05) is 0 Å². The SMILES string of the molecule is COc1c(F)c(N2CC(CN)C(OC(F)(F)F)C2)c(C)c2c1c(=O)[nH]c(=O)n2C1CC1. The first kappa shape index (κ1) is 21.6. The van der Waals surface area contributed by atoms with Crippen molar-refractivity contribution in [3.05, 3.63) is 32.2 Å². The Morgan fingerprint density at radius 3 is 2.45 bits per heavy atom. The van der Waals surface area contributed by atoms with Crippen LogP contribution in [0.2, 0.25) is 0 Å². The highest BCUT2D eigenvalue weighted by atomic mass is 19.4. The number of hydrogen-bond acceptors (Lipinski definition) is 6. The molecule has 3 N–H and O–H groups in total. The minimum atomic E-state index is -4.86. The van der Waals surface area contributed by atoms with Crippen molar-refractivity contribution in [2.24, 2.45) is 11.7 Å². The van der Waals surface area contributed by atoms with Gasteiger partial charge >= 0.3 is 12.1 Å². The molecule has 1 aliphatic heterocycles. The highest BCUT2D eigenvalue weighted by Gasteiger charge is 2.43. The highest BCUT2D eigenvalue weighted by Crippen LogP contribution is 2.43. The first-order valence-electron chi connectivity index (χ1n) is 9.81. The fourth-order valence-electron chi connectivity index (χ4n) is 4.43. The minimum Gasteiger partial charge on any atom is -0.493 e. The normalized spacial score (nSPS) is 21.8. The number of aromatic nitrogens is 2. The number of benzene rings is 1. The first-order chi connectivity index (χ1) is 14.6. The number of aryl methyl sites for hydroxylation is 1. The number of halogens is 4. The van der Waals surface area contributed by atoms with Gasteiger partial charge in [0.15, 0.2) is 11.6 Å². The Bertz CT molecular complexity index is 1140. The van der Waals surface area contributed by atoms with Crippen LogP contribution in [-0.2, 0) is 4.74 Å². The summed E-state index contributed by atoms with van der Waals surface area (Å²) < 4.78 is 64.8. The van der Waals surface area contributed by atoms with E-state index < -0.39 is 35.5 Å². The number of ether oxygens (including phenoxy) is 2. The van der Waals surface area contributed by atoms with Crippen LogP contribution in [0.5, 0.6) is 5.75 Å². The Morgan fingerprint density at radius 2 is 1.90 bits per heavy atom. The molecule has 2 aromatic rings. The number of fused-ring (bicyclic) bond motifs is 1. The lowest BCUT2D eigenvalue weighted by atomic mass is 10.1. The number of nitrogens with one attached hydrogen (secondary N) is 1. The predicted octanol–water partition coefficient (Wildman–Crippen LogP) is 1.78. The van der Waals surface area contributed by atoms with E-state index in [1.54, 1.807) is 0 Å². The van der Waals surface area contributed by atoms with Crippen LogP contribution in [0.15, 0.2) is 9.59 Å². The third-order valence-corrected chi connectivity index (χ3v) is 5.89. The van der Waals surface area contributed by atoms with E-state index in [-0.39, 0.29) is 53.6 Å². The van der Waals surface area contributed by atoms with Crippen LogP contribution in [0.4, 0.5) is 23.2 Å². The number of aromatic amines is 1. The molecule has 2 aliphatic rings. The van der Waals surface area contributed by atoms with Gasteiger partial charge in [-0.2, -0.15) is 0 Å². The topological polar surface area (TPSA) is 103 Å². The van der Waals surface area contributed by atoms with Crippen molar-refractivity contribution in [2.75, 3.05) is 31.6 Å². The lowest BCUT2D eigenvalue weighted by molar-refractivity contribution is -0.343. The number of anilines is 1. The molecular formula is C19H22F4N4O4. The maximum atomic E-state index is 15.5. The molecule has 0 bridgehead atoms. The Labute approximate surface area is 173 Å². The molecule has 1 saturated carbocycles. The molecule has 31 heavy (non-hydrogen) atoms. The second-order valence-corrected chi connectivity index (χ2v) is 7.91. The van der Waals surface area contributed by atoms with Crippen LogP contribution in [0.3, 0.4) is 0 Å². The highest BCUT2D eigenvalue weighted by molar-refractivity contribution is 5.93. The van der Waals surface area contributed by atoms with Crippen molar-refractivity contribution in [1.29, 1.82) is 0 Å². The van der Waals surface area contributed by atoms with Crippen molar-refractivity contribution >= 4 is 16.6 Å². The maximum Gasteiger partial charge on any atom is 0.522 e. The summed E-state index contributed by atoms with van der Waals surface area (Å²) in [7, 11) is 1.19. The number of nitrogens with two attached hydrogens (primary N) is 1. The summed E-state index contributed by atoms with van der Waals surface area (Å²) in [6.07, 6.45) is -4.70. The van der Waals surface area contributed by atoms with E-state index >= 15 is 4.39 Å². The van der Waals surface area contributed by atoms with E-state index in [0.717, 1.165) is 12.8 Å². The molecule has 170 valence electrons. The molecule has 0 amide bonds. The van der Waals surface area contributed by atoms with Crippen molar-refractivity contribution in [1.82, 2.24) is 9.55 Å². The van der Waals surface area contributed by atoms with Gasteiger partial charge in [-0.15, -0.1) is 13.2 Å². The Kier molecular flexibility index (Phi) is 5.24. The van der Waals surface area contributed by atoms with Gasteiger partial charge in [0.05, 0.1) is 24.4 Å². The van der Waals surface area contributed by atoms with Crippen LogP contribution in [-0.4, -0.2) is 48.8 Å². The van der Waals surface area contributed by atoms with E-state index in [9.17, 15) is 22.8 Å². The van der Waals surface area contributed by atoms with Crippen LogP contribution in [0.1, 0.15) is 24.4 Å². The minimum absolute atomic E-state index is 0.0144. The molecule has 8 nitrogen and oxygen atoms in total. The van der Waals surface area contributed by atoms with Gasteiger partial charge in [0, 0.05) is 30.6 Å². The number of H-pyrrole nitrogens is 1. The molecule has 1 aromatic carbocycles. The van der Waals surface area contributed by atoms with Crippen molar-refractivity contribution in [2.45, 2.75) is 38.3 Å². The molecule has 0 radical (unpaired) electrons. The summed E-state index contributed by atoms with van der Waals surface area (Å²) in [5.41, 5.74) is 4.68. The fourth-order valence-corrected chi connectivity index (χ4v) is 4.43. The largest absolute Gasteiger partial charge is 0.522 e. The molecule has 1 saturated heterocycles. The Hall–Kier alpha value is -2.60. The van der Waals surface area contributed by atoms with Crippen LogP contribution >= 0.6 is 0 Å². The molecule has 0 spiro atoms. The standard InChI is InChI=1S/C19H22F4N4O4/c1-8-14-12(17(28)25-18(29)27(14)10-3-4-10)16(30-2)13(20)15(8)26-6-9(5-24)11(7-26)31-19(21,22)23/h9-11H,3-7,24H2,1-2H3,(H,25,28,29). The van der Waals surface area contributed by atoms with Crippen molar-refractivity contribution in [3.63, 3.8) is 0 Å².